The molecule has 0 N–H and O–H groups in total. The number of nitriles is 1. The lowest BCUT2D eigenvalue weighted by Gasteiger charge is -1.84. The zero-order chi connectivity index (χ0) is 7.68. The molecule has 0 aromatic carbocycles. The average Bonchev–Trinajstić information content (AvgIpc) is 2.47. The average molecular weight is 160 g/mol. The topological polar surface area (TPSA) is 36.7 Å². The van der Waals surface area contributed by atoms with Gasteiger partial charge < -0.3 is 0 Å². The van der Waals surface area contributed by atoms with E-state index < -0.39 is 0 Å². The second-order valence-electron chi connectivity index (χ2n) is 2.13. The van der Waals surface area contributed by atoms with Crippen LogP contribution in [0, 0.1) is 11.3 Å². The summed E-state index contributed by atoms with van der Waals surface area (Å²) < 4.78 is 1.12. The number of aromatic nitrogens is 1. The van der Waals surface area contributed by atoms with Crippen molar-refractivity contribution < 1.29 is 0 Å². The number of nitrogens with zero attached hydrogens (tertiary/aromatic N) is 2. The third kappa shape index (κ3) is 0.883. The summed E-state index contributed by atoms with van der Waals surface area (Å²) in [4.78, 5) is 3.95. The van der Waals surface area contributed by atoms with E-state index in [1.807, 2.05) is 11.4 Å². The van der Waals surface area contributed by atoms with E-state index in [0.29, 0.717) is 0 Å². The third-order valence-corrected chi connectivity index (χ3v) is 2.46. The summed E-state index contributed by atoms with van der Waals surface area (Å²) >= 11 is 1.58. The molecule has 2 rings (SSSR count). The fourth-order valence-corrected chi connectivity index (χ4v) is 1.81. The van der Waals surface area contributed by atoms with Crippen molar-refractivity contribution in [2.45, 2.75) is 0 Å². The van der Waals surface area contributed by atoms with Crippen LogP contribution in [0.4, 0.5) is 0 Å². The molecule has 0 radical (unpaired) electrons. The molecule has 0 saturated carbocycles. The standard InChI is InChI=1S/C8H4N2S/c9-3-6-5-11-8-1-2-10-4-7(6)8/h1-2,4-5H. The van der Waals surface area contributed by atoms with Gasteiger partial charge in [-0.3, -0.25) is 4.98 Å². The Morgan fingerprint density at radius 3 is 3.27 bits per heavy atom. The molecule has 11 heavy (non-hydrogen) atoms. The highest BCUT2D eigenvalue weighted by Gasteiger charge is 2.00. The van der Waals surface area contributed by atoms with Gasteiger partial charge in [0.15, 0.2) is 0 Å². The minimum atomic E-state index is 0.720. The summed E-state index contributed by atoms with van der Waals surface area (Å²) in [6, 6.07) is 4.04. The van der Waals surface area contributed by atoms with Crippen molar-refractivity contribution in [1.29, 1.82) is 5.26 Å². The number of fused-ring (bicyclic) bond motifs is 1. The molecule has 0 fully saturated rings. The van der Waals surface area contributed by atoms with Crippen LogP contribution in [0.2, 0.25) is 0 Å². The van der Waals surface area contributed by atoms with E-state index in [9.17, 15) is 0 Å². The van der Waals surface area contributed by atoms with E-state index in [4.69, 9.17) is 5.26 Å². The van der Waals surface area contributed by atoms with E-state index >= 15 is 0 Å². The Morgan fingerprint density at radius 2 is 2.45 bits per heavy atom. The highest BCUT2D eigenvalue weighted by molar-refractivity contribution is 7.17. The van der Waals surface area contributed by atoms with Crippen LogP contribution in [0.1, 0.15) is 5.56 Å². The summed E-state index contributed by atoms with van der Waals surface area (Å²) in [5.74, 6) is 0. The van der Waals surface area contributed by atoms with E-state index in [-0.39, 0.29) is 0 Å². The van der Waals surface area contributed by atoms with Gasteiger partial charge in [0.2, 0.25) is 0 Å². The van der Waals surface area contributed by atoms with Crippen LogP contribution < -0.4 is 0 Å². The molecule has 0 aliphatic heterocycles. The predicted molar refractivity (Wildman–Crippen MR) is 44.3 cm³/mol. The van der Waals surface area contributed by atoms with E-state index in [0.717, 1.165) is 15.6 Å². The van der Waals surface area contributed by atoms with E-state index in [2.05, 4.69) is 11.1 Å². The second kappa shape index (κ2) is 2.33. The number of thiophene rings is 1. The Balaban J connectivity index is 2.89. The molecule has 0 spiro atoms. The molecule has 0 amide bonds. The first kappa shape index (κ1) is 6.32. The molecule has 0 saturated heterocycles. The lowest BCUT2D eigenvalue weighted by atomic mass is 10.2. The van der Waals surface area contributed by atoms with Crippen LogP contribution in [-0.2, 0) is 0 Å². The molecular formula is C8H4N2S. The van der Waals surface area contributed by atoms with E-state index in [1.54, 1.807) is 23.7 Å². The zero-order valence-corrected chi connectivity index (χ0v) is 6.43. The maximum absolute atomic E-state index is 8.65. The van der Waals surface area contributed by atoms with Gasteiger partial charge >= 0.3 is 0 Å². The quantitative estimate of drug-likeness (QED) is 0.592. The van der Waals surface area contributed by atoms with Crippen molar-refractivity contribution in [3.05, 3.63) is 29.4 Å². The van der Waals surface area contributed by atoms with Crippen LogP contribution in [0.15, 0.2) is 23.8 Å². The van der Waals surface area contributed by atoms with Crippen molar-refractivity contribution in [3.8, 4) is 6.07 Å². The first-order valence-corrected chi connectivity index (χ1v) is 4.01. The van der Waals surface area contributed by atoms with Gasteiger partial charge in [0, 0.05) is 27.9 Å². The Morgan fingerprint density at radius 1 is 1.55 bits per heavy atom. The highest BCUT2D eigenvalue weighted by atomic mass is 32.1. The molecule has 2 aromatic rings. The maximum Gasteiger partial charge on any atom is 0.101 e. The number of pyridine rings is 1. The monoisotopic (exact) mass is 160 g/mol. The lowest BCUT2D eigenvalue weighted by molar-refractivity contribution is 1.37. The van der Waals surface area contributed by atoms with Gasteiger partial charge in [-0.25, -0.2) is 0 Å². The summed E-state index contributed by atoms with van der Waals surface area (Å²) in [6.45, 7) is 0. The van der Waals surface area contributed by atoms with Crippen LogP contribution in [0.5, 0.6) is 0 Å². The summed E-state index contributed by atoms with van der Waals surface area (Å²) in [6.07, 6.45) is 3.46. The zero-order valence-electron chi connectivity index (χ0n) is 5.61. The van der Waals surface area contributed by atoms with Gasteiger partial charge in [-0.15, -0.1) is 11.3 Å². The van der Waals surface area contributed by atoms with Crippen LogP contribution in [0.3, 0.4) is 0 Å². The third-order valence-electron chi connectivity index (χ3n) is 1.50. The minimum Gasteiger partial charge on any atom is -0.264 e. The van der Waals surface area contributed by atoms with Crippen LogP contribution >= 0.6 is 11.3 Å². The van der Waals surface area contributed by atoms with Gasteiger partial charge in [0.1, 0.15) is 6.07 Å². The van der Waals surface area contributed by atoms with Crippen molar-refractivity contribution in [2.24, 2.45) is 0 Å². The number of hydrogen-bond acceptors (Lipinski definition) is 3. The molecule has 3 heteroatoms. The van der Waals surface area contributed by atoms with Crippen LogP contribution in [0.25, 0.3) is 10.1 Å². The van der Waals surface area contributed by atoms with E-state index in [1.165, 1.54) is 0 Å². The Kier molecular flexibility index (Phi) is 1.34. The molecule has 0 aliphatic carbocycles. The molecule has 52 valence electrons. The smallest absolute Gasteiger partial charge is 0.101 e. The van der Waals surface area contributed by atoms with Crippen molar-refractivity contribution >= 4 is 21.4 Å². The summed E-state index contributed by atoms with van der Waals surface area (Å²) in [7, 11) is 0. The summed E-state index contributed by atoms with van der Waals surface area (Å²) in [5.41, 5.74) is 0.720. The second-order valence-corrected chi connectivity index (χ2v) is 3.04. The Bertz CT molecular complexity index is 425. The summed E-state index contributed by atoms with van der Waals surface area (Å²) in [5, 5.41) is 11.5. The molecule has 2 nitrogen and oxygen atoms in total. The maximum atomic E-state index is 8.65. The molecule has 0 aliphatic rings. The number of rotatable bonds is 0. The predicted octanol–water partition coefficient (Wildman–Crippen LogP) is 2.17. The molecule has 2 aromatic heterocycles. The fourth-order valence-electron chi connectivity index (χ4n) is 0.959. The molecular weight excluding hydrogens is 156 g/mol. The van der Waals surface area contributed by atoms with Crippen molar-refractivity contribution in [3.63, 3.8) is 0 Å². The molecule has 2 heterocycles. The normalized spacial score (nSPS) is 9.73. The highest BCUT2D eigenvalue weighted by Crippen LogP contribution is 2.23. The van der Waals surface area contributed by atoms with Gasteiger partial charge in [0.05, 0.1) is 5.56 Å². The van der Waals surface area contributed by atoms with Gasteiger partial charge in [0.25, 0.3) is 0 Å². The molecule has 0 atom stereocenters. The van der Waals surface area contributed by atoms with Gasteiger partial charge in [-0.05, 0) is 6.07 Å². The van der Waals surface area contributed by atoms with Crippen molar-refractivity contribution in [1.82, 2.24) is 4.98 Å². The van der Waals surface area contributed by atoms with Gasteiger partial charge in [-0.2, -0.15) is 5.26 Å². The molecule has 0 bridgehead atoms. The first-order valence-electron chi connectivity index (χ1n) is 3.13. The molecule has 0 unspecified atom stereocenters. The Hall–Kier alpha value is -1.40. The van der Waals surface area contributed by atoms with Crippen molar-refractivity contribution in [2.75, 3.05) is 0 Å². The largest absolute Gasteiger partial charge is 0.264 e. The number of hydrogen-bond donors (Lipinski definition) is 0. The SMILES string of the molecule is N#Cc1csc2ccncc12. The first-order chi connectivity index (χ1) is 5.42. The van der Waals surface area contributed by atoms with Gasteiger partial charge in [-0.1, -0.05) is 0 Å². The lowest BCUT2D eigenvalue weighted by Crippen LogP contribution is -1.70. The fraction of sp³-hybridized carbons (Fsp3) is 0. The minimum absolute atomic E-state index is 0.720. The Labute approximate surface area is 67.7 Å². The van der Waals surface area contributed by atoms with Crippen LogP contribution in [-0.4, -0.2) is 4.98 Å².